The van der Waals surface area contributed by atoms with Crippen molar-refractivity contribution in [2.45, 2.75) is 6.04 Å². The standard InChI is InChI=1S/C22H22ClN3O6/c1-24(2)10-11-25-19(13-4-7-15(8-5-13)26(30)31)18(21(28)22(25)29)20(27)14-6-9-17(32-3)16(23)12-14/h4-9,12,19,27H,10-11H2,1-3H3/t19-/m1/s1. The van der Waals surface area contributed by atoms with Gasteiger partial charge < -0.3 is 19.6 Å². The number of amides is 1. The number of ketones is 1. The maximum absolute atomic E-state index is 13.0. The summed E-state index contributed by atoms with van der Waals surface area (Å²) in [4.78, 5) is 39.5. The van der Waals surface area contributed by atoms with Crippen LogP contribution in [0.4, 0.5) is 5.69 Å². The van der Waals surface area contributed by atoms with Crippen molar-refractivity contribution in [3.63, 3.8) is 0 Å². The van der Waals surface area contributed by atoms with E-state index in [-0.39, 0.29) is 34.2 Å². The number of hydrogen-bond donors (Lipinski definition) is 1. The molecule has 1 atom stereocenters. The Hall–Kier alpha value is -3.43. The lowest BCUT2D eigenvalue weighted by Gasteiger charge is -2.26. The van der Waals surface area contributed by atoms with Crippen LogP contribution in [-0.4, -0.2) is 65.8 Å². The Morgan fingerprint density at radius 1 is 1.22 bits per heavy atom. The fourth-order valence-corrected chi connectivity index (χ4v) is 3.77. The molecular weight excluding hydrogens is 438 g/mol. The van der Waals surface area contributed by atoms with Crippen LogP contribution in [0.3, 0.4) is 0 Å². The quantitative estimate of drug-likeness (QED) is 0.222. The highest BCUT2D eigenvalue weighted by Crippen LogP contribution is 2.40. The van der Waals surface area contributed by atoms with Crippen molar-refractivity contribution in [1.82, 2.24) is 9.80 Å². The van der Waals surface area contributed by atoms with Crippen LogP contribution in [-0.2, 0) is 9.59 Å². The maximum Gasteiger partial charge on any atom is 0.295 e. The lowest BCUT2D eigenvalue weighted by Crippen LogP contribution is -2.35. The van der Waals surface area contributed by atoms with E-state index in [1.54, 1.807) is 6.07 Å². The first-order valence-electron chi connectivity index (χ1n) is 9.67. The van der Waals surface area contributed by atoms with E-state index < -0.39 is 22.7 Å². The van der Waals surface area contributed by atoms with Gasteiger partial charge in [0.1, 0.15) is 11.5 Å². The van der Waals surface area contributed by atoms with Gasteiger partial charge in [-0.3, -0.25) is 19.7 Å². The number of non-ortho nitro benzene ring substituents is 1. The molecule has 1 amide bonds. The molecule has 0 bridgehead atoms. The van der Waals surface area contributed by atoms with Crippen LogP contribution in [0, 0.1) is 10.1 Å². The summed E-state index contributed by atoms with van der Waals surface area (Å²) in [5.41, 5.74) is 0.479. The number of rotatable bonds is 7. The number of carbonyl (C=O) groups is 2. The van der Waals surface area contributed by atoms with Crippen molar-refractivity contribution in [2.75, 3.05) is 34.3 Å². The summed E-state index contributed by atoms with van der Waals surface area (Å²) in [6.45, 7) is 0.699. The predicted molar refractivity (Wildman–Crippen MR) is 119 cm³/mol. The van der Waals surface area contributed by atoms with Crippen molar-refractivity contribution >= 4 is 34.7 Å². The molecule has 1 aliphatic rings. The number of methoxy groups -OCH3 is 1. The van der Waals surface area contributed by atoms with E-state index in [9.17, 15) is 24.8 Å². The molecule has 2 aromatic rings. The first-order chi connectivity index (χ1) is 15.1. The Morgan fingerprint density at radius 3 is 2.41 bits per heavy atom. The molecule has 0 radical (unpaired) electrons. The zero-order valence-electron chi connectivity index (χ0n) is 17.7. The fourth-order valence-electron chi connectivity index (χ4n) is 3.51. The molecule has 2 aromatic carbocycles. The van der Waals surface area contributed by atoms with E-state index in [1.807, 2.05) is 19.0 Å². The second-order valence-electron chi connectivity index (χ2n) is 7.49. The van der Waals surface area contributed by atoms with Gasteiger partial charge >= 0.3 is 0 Å². The number of nitro benzene ring substituents is 1. The average molecular weight is 460 g/mol. The Labute approximate surface area is 189 Å². The number of Topliss-reactive ketones (excluding diaryl/α,β-unsaturated/α-hetero) is 1. The molecule has 0 aliphatic carbocycles. The van der Waals surface area contributed by atoms with Crippen molar-refractivity contribution in [1.29, 1.82) is 0 Å². The van der Waals surface area contributed by atoms with Gasteiger partial charge in [0.05, 0.1) is 28.7 Å². The van der Waals surface area contributed by atoms with Crippen LogP contribution in [0.5, 0.6) is 5.75 Å². The van der Waals surface area contributed by atoms with Crippen LogP contribution in [0.15, 0.2) is 48.0 Å². The van der Waals surface area contributed by atoms with Gasteiger partial charge in [0.15, 0.2) is 0 Å². The Kier molecular flexibility index (Phi) is 6.81. The van der Waals surface area contributed by atoms with E-state index in [2.05, 4.69) is 0 Å². The van der Waals surface area contributed by atoms with Crippen molar-refractivity contribution < 1.29 is 24.4 Å². The van der Waals surface area contributed by atoms with E-state index in [0.29, 0.717) is 17.9 Å². The van der Waals surface area contributed by atoms with Crippen molar-refractivity contribution in [3.8, 4) is 5.75 Å². The topological polar surface area (TPSA) is 113 Å². The molecule has 0 spiro atoms. The van der Waals surface area contributed by atoms with E-state index in [1.165, 1.54) is 48.4 Å². The molecule has 3 rings (SSSR count). The molecule has 10 heteroatoms. The Morgan fingerprint density at radius 2 is 1.88 bits per heavy atom. The molecule has 0 saturated carbocycles. The SMILES string of the molecule is COc1ccc(C(O)=C2C(=O)C(=O)N(CCN(C)C)[C@@H]2c2ccc([N+](=O)[O-])cc2)cc1Cl. The third kappa shape index (κ3) is 4.44. The molecule has 1 N–H and O–H groups in total. The molecule has 32 heavy (non-hydrogen) atoms. The first kappa shape index (κ1) is 23.2. The third-order valence-electron chi connectivity index (χ3n) is 5.17. The molecule has 0 unspecified atom stereocenters. The van der Waals surface area contributed by atoms with Crippen LogP contribution in [0.2, 0.25) is 5.02 Å². The summed E-state index contributed by atoms with van der Waals surface area (Å²) in [6, 6.07) is 9.15. The zero-order chi connectivity index (χ0) is 23.6. The highest BCUT2D eigenvalue weighted by Gasteiger charge is 2.46. The predicted octanol–water partition coefficient (Wildman–Crippen LogP) is 3.24. The van der Waals surface area contributed by atoms with Crippen molar-refractivity contribution in [3.05, 3.63) is 74.3 Å². The van der Waals surface area contributed by atoms with E-state index >= 15 is 0 Å². The molecule has 1 heterocycles. The molecule has 9 nitrogen and oxygen atoms in total. The minimum atomic E-state index is -0.906. The van der Waals surface area contributed by atoms with Crippen molar-refractivity contribution in [2.24, 2.45) is 0 Å². The minimum Gasteiger partial charge on any atom is -0.507 e. The van der Waals surface area contributed by atoms with E-state index in [0.717, 1.165) is 0 Å². The number of likely N-dealkylation sites (N-methyl/N-ethyl adjacent to an activating group) is 1. The number of aliphatic hydroxyl groups is 1. The largest absolute Gasteiger partial charge is 0.507 e. The van der Waals surface area contributed by atoms with Gasteiger partial charge in [-0.1, -0.05) is 11.6 Å². The van der Waals surface area contributed by atoms with Crippen LogP contribution >= 0.6 is 11.6 Å². The number of nitrogens with zero attached hydrogens (tertiary/aromatic N) is 3. The summed E-state index contributed by atoms with van der Waals surface area (Å²) >= 11 is 6.17. The molecular formula is C22H22ClN3O6. The van der Waals surface area contributed by atoms with Crippen LogP contribution in [0.25, 0.3) is 5.76 Å². The summed E-state index contributed by atoms with van der Waals surface area (Å²) in [5.74, 6) is -1.59. The number of aliphatic hydroxyl groups excluding tert-OH is 1. The Balaban J connectivity index is 2.15. The van der Waals surface area contributed by atoms with Gasteiger partial charge in [0.25, 0.3) is 17.4 Å². The minimum absolute atomic E-state index is 0.108. The maximum atomic E-state index is 13.0. The molecule has 1 fully saturated rings. The van der Waals surface area contributed by atoms with Gasteiger partial charge in [-0.2, -0.15) is 0 Å². The fraction of sp³-hybridized carbons (Fsp3) is 0.273. The van der Waals surface area contributed by atoms with Crippen LogP contribution < -0.4 is 4.74 Å². The highest BCUT2D eigenvalue weighted by atomic mass is 35.5. The van der Waals surface area contributed by atoms with Gasteiger partial charge in [-0.25, -0.2) is 0 Å². The summed E-state index contributed by atoms with van der Waals surface area (Å²) < 4.78 is 5.12. The lowest BCUT2D eigenvalue weighted by molar-refractivity contribution is -0.384. The molecule has 1 saturated heterocycles. The normalized spacial score (nSPS) is 17.8. The van der Waals surface area contributed by atoms with Gasteiger partial charge in [-0.15, -0.1) is 0 Å². The van der Waals surface area contributed by atoms with Gasteiger partial charge in [-0.05, 0) is 50.0 Å². The number of carbonyl (C=O) groups excluding carboxylic acids is 2. The van der Waals surface area contributed by atoms with E-state index in [4.69, 9.17) is 16.3 Å². The summed E-state index contributed by atoms with van der Waals surface area (Å²) in [7, 11) is 5.11. The zero-order valence-corrected chi connectivity index (χ0v) is 18.5. The number of ether oxygens (including phenoxy) is 1. The lowest BCUT2D eigenvalue weighted by atomic mass is 9.95. The summed E-state index contributed by atoms with van der Waals surface area (Å²) in [6.07, 6.45) is 0. The second kappa shape index (κ2) is 9.37. The number of likely N-dealkylation sites (tertiary alicyclic amines) is 1. The van der Waals surface area contributed by atoms with Gasteiger partial charge in [0.2, 0.25) is 0 Å². The number of halogens is 1. The molecule has 1 aliphatic heterocycles. The second-order valence-corrected chi connectivity index (χ2v) is 7.90. The first-order valence-corrected chi connectivity index (χ1v) is 10.0. The van der Waals surface area contributed by atoms with Crippen LogP contribution in [0.1, 0.15) is 17.2 Å². The molecule has 168 valence electrons. The summed E-state index contributed by atoms with van der Waals surface area (Å²) in [5, 5.41) is 22.3. The molecule has 0 aromatic heterocycles. The third-order valence-corrected chi connectivity index (χ3v) is 5.47. The number of benzene rings is 2. The average Bonchev–Trinajstić information content (AvgIpc) is 3.01. The number of nitro groups is 1. The number of hydrogen-bond acceptors (Lipinski definition) is 7. The smallest absolute Gasteiger partial charge is 0.295 e. The van der Waals surface area contributed by atoms with Gasteiger partial charge in [0, 0.05) is 30.8 Å². The highest BCUT2D eigenvalue weighted by molar-refractivity contribution is 6.46. The Bertz CT molecular complexity index is 1100. The monoisotopic (exact) mass is 459 g/mol.